The number of hydrogen-bond acceptors (Lipinski definition) is 4. The van der Waals surface area contributed by atoms with Gasteiger partial charge in [-0.25, -0.2) is 4.98 Å². The van der Waals surface area contributed by atoms with Gasteiger partial charge < -0.3 is 9.55 Å². The van der Waals surface area contributed by atoms with Gasteiger partial charge in [-0.15, -0.1) is 0 Å². The standard InChI is InChI=1S/C25H31N5O/c31-25-19(15-28-10-4-1-5-11-28)8-9-23-20-12-18(14-30(23)25)13-29(16-20)17-24-26-21-6-2-3-7-22(21)27-24/h2-3,6-9,18,20H,1,4-5,10-17H2,(H,26,27)/t18-,20+/m0/s1. The van der Waals surface area contributed by atoms with E-state index in [0.717, 1.165) is 68.2 Å². The molecule has 5 heterocycles. The minimum atomic E-state index is 0.253. The molecule has 1 aromatic carbocycles. The molecule has 0 aliphatic carbocycles. The topological polar surface area (TPSA) is 57.2 Å². The molecule has 0 radical (unpaired) electrons. The summed E-state index contributed by atoms with van der Waals surface area (Å²) in [6, 6.07) is 12.6. The molecule has 6 heteroatoms. The van der Waals surface area contributed by atoms with E-state index in [9.17, 15) is 4.79 Å². The average molecular weight is 418 g/mol. The van der Waals surface area contributed by atoms with Crippen molar-refractivity contribution < 1.29 is 0 Å². The lowest BCUT2D eigenvalue weighted by molar-refractivity contribution is 0.112. The molecular formula is C25H31N5O. The summed E-state index contributed by atoms with van der Waals surface area (Å²) in [5, 5.41) is 0. The number of H-pyrrole nitrogens is 1. The summed E-state index contributed by atoms with van der Waals surface area (Å²) in [4.78, 5) is 26.5. The highest BCUT2D eigenvalue weighted by atomic mass is 16.1. The zero-order valence-electron chi connectivity index (χ0n) is 18.1. The van der Waals surface area contributed by atoms with Gasteiger partial charge in [0.25, 0.3) is 5.56 Å². The van der Waals surface area contributed by atoms with Crippen LogP contribution in [-0.4, -0.2) is 50.5 Å². The van der Waals surface area contributed by atoms with Crippen LogP contribution in [0.5, 0.6) is 0 Å². The summed E-state index contributed by atoms with van der Waals surface area (Å²) < 4.78 is 2.11. The minimum absolute atomic E-state index is 0.253. The molecule has 0 saturated carbocycles. The smallest absolute Gasteiger partial charge is 0.255 e. The third kappa shape index (κ3) is 3.72. The molecule has 2 bridgehead atoms. The van der Waals surface area contributed by atoms with Crippen molar-refractivity contribution in [1.29, 1.82) is 0 Å². The number of nitrogens with zero attached hydrogens (tertiary/aromatic N) is 4. The van der Waals surface area contributed by atoms with Crippen molar-refractivity contribution in [1.82, 2.24) is 24.3 Å². The van der Waals surface area contributed by atoms with Crippen LogP contribution >= 0.6 is 0 Å². The van der Waals surface area contributed by atoms with Crippen LogP contribution in [0.3, 0.4) is 0 Å². The van der Waals surface area contributed by atoms with Gasteiger partial charge in [0, 0.05) is 43.4 Å². The number of benzene rings is 1. The Morgan fingerprint density at radius 3 is 2.68 bits per heavy atom. The molecule has 6 rings (SSSR count). The van der Waals surface area contributed by atoms with Crippen molar-refractivity contribution in [3.8, 4) is 0 Å². The number of aromatic amines is 1. The Hall–Kier alpha value is -2.44. The zero-order chi connectivity index (χ0) is 20.8. The highest BCUT2D eigenvalue weighted by Crippen LogP contribution is 2.35. The summed E-state index contributed by atoms with van der Waals surface area (Å²) >= 11 is 0. The van der Waals surface area contributed by atoms with E-state index in [1.807, 2.05) is 12.1 Å². The van der Waals surface area contributed by atoms with Gasteiger partial charge in [0.05, 0.1) is 17.6 Å². The fraction of sp³-hybridized carbons (Fsp3) is 0.520. The predicted molar refractivity (Wildman–Crippen MR) is 122 cm³/mol. The van der Waals surface area contributed by atoms with E-state index < -0.39 is 0 Å². The first-order valence-electron chi connectivity index (χ1n) is 11.8. The monoisotopic (exact) mass is 417 g/mol. The van der Waals surface area contributed by atoms with Crippen LogP contribution in [0.2, 0.25) is 0 Å². The highest BCUT2D eigenvalue weighted by molar-refractivity contribution is 5.74. The number of rotatable bonds is 4. The Balaban J connectivity index is 1.20. The molecule has 1 N–H and O–H groups in total. The maximum absolute atomic E-state index is 13.3. The first kappa shape index (κ1) is 19.3. The van der Waals surface area contributed by atoms with Gasteiger partial charge in [-0.05, 0) is 56.5 Å². The van der Waals surface area contributed by atoms with E-state index in [-0.39, 0.29) is 5.56 Å². The van der Waals surface area contributed by atoms with Crippen LogP contribution in [0, 0.1) is 5.92 Å². The molecule has 0 amide bonds. The Morgan fingerprint density at radius 2 is 1.81 bits per heavy atom. The molecule has 2 atom stereocenters. The summed E-state index contributed by atoms with van der Waals surface area (Å²) in [5.41, 5.74) is 4.60. The van der Waals surface area contributed by atoms with E-state index in [4.69, 9.17) is 4.98 Å². The van der Waals surface area contributed by atoms with E-state index in [1.165, 1.54) is 31.4 Å². The molecule has 2 aromatic heterocycles. The molecule has 3 aliphatic rings. The Kier molecular flexibility index (Phi) is 4.92. The summed E-state index contributed by atoms with van der Waals surface area (Å²) in [5.74, 6) is 2.02. The van der Waals surface area contributed by atoms with Crippen LogP contribution in [0.25, 0.3) is 11.0 Å². The van der Waals surface area contributed by atoms with Crippen LogP contribution in [0.1, 0.15) is 48.7 Å². The highest BCUT2D eigenvalue weighted by Gasteiger charge is 2.35. The van der Waals surface area contributed by atoms with Crippen molar-refractivity contribution in [2.45, 2.75) is 51.2 Å². The second-order valence-corrected chi connectivity index (χ2v) is 9.73. The second kappa shape index (κ2) is 7.92. The quantitative estimate of drug-likeness (QED) is 0.708. The maximum Gasteiger partial charge on any atom is 0.255 e. The largest absolute Gasteiger partial charge is 0.341 e. The number of hydrogen-bond donors (Lipinski definition) is 1. The molecule has 3 aromatic rings. The molecule has 3 aliphatic heterocycles. The number of para-hydroxylation sites is 2. The van der Waals surface area contributed by atoms with Gasteiger partial charge >= 0.3 is 0 Å². The molecule has 6 nitrogen and oxygen atoms in total. The maximum atomic E-state index is 13.3. The molecule has 0 spiro atoms. The first-order valence-corrected chi connectivity index (χ1v) is 11.8. The van der Waals surface area contributed by atoms with Gasteiger partial charge in [0.2, 0.25) is 0 Å². The van der Waals surface area contributed by atoms with Crippen LogP contribution in [0.15, 0.2) is 41.2 Å². The van der Waals surface area contributed by atoms with Crippen molar-refractivity contribution in [2.24, 2.45) is 5.92 Å². The number of fused-ring (bicyclic) bond motifs is 5. The molecule has 0 unspecified atom stereocenters. The fourth-order valence-corrected chi connectivity index (χ4v) is 5.99. The Bertz CT molecular complexity index is 1110. The Labute approximate surface area is 182 Å². The van der Waals surface area contributed by atoms with E-state index in [1.54, 1.807) is 0 Å². The first-order chi connectivity index (χ1) is 15.2. The lowest BCUT2D eigenvalue weighted by Crippen LogP contribution is -2.47. The normalized spacial score (nSPS) is 24.4. The summed E-state index contributed by atoms with van der Waals surface area (Å²) in [7, 11) is 0. The van der Waals surface area contributed by atoms with Crippen molar-refractivity contribution in [3.63, 3.8) is 0 Å². The fourth-order valence-electron chi connectivity index (χ4n) is 5.99. The molecule has 31 heavy (non-hydrogen) atoms. The number of piperidine rings is 2. The number of aromatic nitrogens is 3. The number of pyridine rings is 1. The average Bonchev–Trinajstić information content (AvgIpc) is 3.19. The van der Waals surface area contributed by atoms with Crippen LogP contribution < -0.4 is 5.56 Å². The summed E-state index contributed by atoms with van der Waals surface area (Å²) in [6.45, 7) is 6.81. The van der Waals surface area contributed by atoms with Crippen molar-refractivity contribution in [3.05, 3.63) is 63.8 Å². The third-order valence-corrected chi connectivity index (χ3v) is 7.41. The number of nitrogens with one attached hydrogen (secondary N) is 1. The lowest BCUT2D eigenvalue weighted by Gasteiger charge is -2.42. The summed E-state index contributed by atoms with van der Waals surface area (Å²) in [6.07, 6.45) is 5.05. The number of likely N-dealkylation sites (tertiary alicyclic amines) is 2. The Morgan fingerprint density at radius 1 is 0.935 bits per heavy atom. The molecule has 2 fully saturated rings. The van der Waals surface area contributed by atoms with E-state index >= 15 is 0 Å². The third-order valence-electron chi connectivity index (χ3n) is 7.41. The van der Waals surface area contributed by atoms with Gasteiger partial charge in [0.15, 0.2) is 0 Å². The minimum Gasteiger partial charge on any atom is -0.341 e. The zero-order valence-corrected chi connectivity index (χ0v) is 18.1. The molecule has 2 saturated heterocycles. The second-order valence-electron chi connectivity index (χ2n) is 9.73. The molecular weight excluding hydrogens is 386 g/mol. The molecule has 162 valence electrons. The van der Waals surface area contributed by atoms with E-state index in [0.29, 0.717) is 11.8 Å². The van der Waals surface area contributed by atoms with Crippen LogP contribution in [0.4, 0.5) is 0 Å². The van der Waals surface area contributed by atoms with Gasteiger partial charge in [-0.1, -0.05) is 24.6 Å². The van der Waals surface area contributed by atoms with Crippen LogP contribution in [-0.2, 0) is 19.6 Å². The predicted octanol–water partition coefficient (Wildman–Crippen LogP) is 3.33. The number of imidazole rings is 1. The van der Waals surface area contributed by atoms with E-state index in [2.05, 4.69) is 43.6 Å². The van der Waals surface area contributed by atoms with Gasteiger partial charge in [-0.3, -0.25) is 14.6 Å². The van der Waals surface area contributed by atoms with Crippen molar-refractivity contribution in [2.75, 3.05) is 26.2 Å². The SMILES string of the molecule is O=c1c(CN2CCCCC2)ccc2n1C[C@H]1C[C@@H]2CN(Cc2nc3ccccc3[nH]2)C1. The lowest BCUT2D eigenvalue weighted by atomic mass is 9.83. The van der Waals surface area contributed by atoms with Gasteiger partial charge in [-0.2, -0.15) is 0 Å². The van der Waals surface area contributed by atoms with Gasteiger partial charge in [0.1, 0.15) is 5.82 Å². The van der Waals surface area contributed by atoms with Crippen molar-refractivity contribution >= 4 is 11.0 Å².